The second kappa shape index (κ2) is 4.69. The Balaban J connectivity index is 1.95. The van der Waals surface area contributed by atoms with Crippen LogP contribution in [0.2, 0.25) is 0 Å². The number of benzene rings is 1. The number of rotatable bonds is 5. The molecule has 1 aromatic carbocycles. The summed E-state index contributed by atoms with van der Waals surface area (Å²) < 4.78 is 5.16. The first-order valence-electron chi connectivity index (χ1n) is 5.87. The van der Waals surface area contributed by atoms with Crippen LogP contribution < -0.4 is 4.74 Å². The lowest BCUT2D eigenvalue weighted by Crippen LogP contribution is -2.03. The zero-order valence-electron chi connectivity index (χ0n) is 9.95. The standard InChI is InChI=1S/C14H18O2/c1-10-9-13(16-2)7-5-11(10)6-8-14(15)12-3-4-12/h5,7,9,12H,3-4,6,8H2,1-2H3. The van der Waals surface area contributed by atoms with E-state index in [1.165, 1.54) is 11.1 Å². The van der Waals surface area contributed by atoms with Gasteiger partial charge in [-0.15, -0.1) is 0 Å². The fourth-order valence-corrected chi connectivity index (χ4v) is 1.94. The second-order valence-corrected chi connectivity index (χ2v) is 4.53. The third kappa shape index (κ3) is 2.63. The predicted octanol–water partition coefficient (Wildman–Crippen LogP) is 2.92. The summed E-state index contributed by atoms with van der Waals surface area (Å²) in [7, 11) is 1.67. The van der Waals surface area contributed by atoms with Crippen molar-refractivity contribution in [2.75, 3.05) is 7.11 Å². The van der Waals surface area contributed by atoms with E-state index >= 15 is 0 Å². The molecule has 0 unspecified atom stereocenters. The molecule has 2 nitrogen and oxygen atoms in total. The highest BCUT2D eigenvalue weighted by Crippen LogP contribution is 2.31. The topological polar surface area (TPSA) is 26.3 Å². The molecule has 0 amide bonds. The van der Waals surface area contributed by atoms with Crippen LogP contribution >= 0.6 is 0 Å². The summed E-state index contributed by atoms with van der Waals surface area (Å²) in [5, 5.41) is 0. The fraction of sp³-hybridized carbons (Fsp3) is 0.500. The highest BCUT2D eigenvalue weighted by molar-refractivity contribution is 5.83. The maximum Gasteiger partial charge on any atom is 0.136 e. The molecule has 1 aromatic rings. The van der Waals surface area contributed by atoms with E-state index in [2.05, 4.69) is 13.0 Å². The van der Waals surface area contributed by atoms with Crippen molar-refractivity contribution in [1.29, 1.82) is 0 Å². The van der Waals surface area contributed by atoms with E-state index < -0.39 is 0 Å². The largest absolute Gasteiger partial charge is 0.497 e. The molecule has 0 atom stereocenters. The van der Waals surface area contributed by atoms with Crippen LogP contribution in [0.5, 0.6) is 5.75 Å². The maximum atomic E-state index is 11.6. The molecule has 2 heteroatoms. The number of carbonyl (C=O) groups excluding carboxylic acids is 1. The number of ketones is 1. The Morgan fingerprint density at radius 2 is 2.19 bits per heavy atom. The Labute approximate surface area is 96.6 Å². The zero-order valence-corrected chi connectivity index (χ0v) is 9.95. The molecular weight excluding hydrogens is 200 g/mol. The van der Waals surface area contributed by atoms with Crippen LogP contribution in [-0.2, 0) is 11.2 Å². The molecule has 0 aromatic heterocycles. The van der Waals surface area contributed by atoms with Crippen LogP contribution in [0, 0.1) is 12.8 Å². The summed E-state index contributed by atoms with van der Waals surface area (Å²) in [6.45, 7) is 2.07. The normalized spacial score (nSPS) is 14.9. The molecule has 0 spiro atoms. The number of carbonyl (C=O) groups is 1. The summed E-state index contributed by atoms with van der Waals surface area (Å²) in [5.41, 5.74) is 2.47. The molecule has 0 bridgehead atoms. The van der Waals surface area contributed by atoms with Gasteiger partial charge in [0.2, 0.25) is 0 Å². The lowest BCUT2D eigenvalue weighted by Gasteiger charge is -2.07. The lowest BCUT2D eigenvalue weighted by atomic mass is 10.0. The lowest BCUT2D eigenvalue weighted by molar-refractivity contribution is -0.120. The minimum Gasteiger partial charge on any atom is -0.497 e. The van der Waals surface area contributed by atoms with E-state index in [4.69, 9.17) is 4.74 Å². The molecule has 0 heterocycles. The van der Waals surface area contributed by atoms with Gasteiger partial charge in [0, 0.05) is 12.3 Å². The average molecular weight is 218 g/mol. The minimum atomic E-state index is 0.388. The van der Waals surface area contributed by atoms with Crippen LogP contribution in [0.25, 0.3) is 0 Å². The minimum absolute atomic E-state index is 0.388. The summed E-state index contributed by atoms with van der Waals surface area (Å²) in [4.78, 5) is 11.6. The molecule has 1 aliphatic carbocycles. The van der Waals surface area contributed by atoms with Crippen LogP contribution in [0.1, 0.15) is 30.4 Å². The summed E-state index contributed by atoms with van der Waals surface area (Å²) in [5.74, 6) is 1.71. The summed E-state index contributed by atoms with van der Waals surface area (Å²) in [6.07, 6.45) is 3.78. The Hall–Kier alpha value is -1.31. The van der Waals surface area contributed by atoms with Crippen molar-refractivity contribution >= 4 is 5.78 Å². The van der Waals surface area contributed by atoms with Gasteiger partial charge in [0.1, 0.15) is 11.5 Å². The quantitative estimate of drug-likeness (QED) is 0.759. The van der Waals surface area contributed by atoms with Gasteiger partial charge in [-0.25, -0.2) is 0 Å². The van der Waals surface area contributed by atoms with Gasteiger partial charge in [-0.3, -0.25) is 4.79 Å². The molecule has 1 aliphatic rings. The van der Waals surface area contributed by atoms with Crippen molar-refractivity contribution in [3.63, 3.8) is 0 Å². The van der Waals surface area contributed by atoms with Gasteiger partial charge in [-0.1, -0.05) is 6.07 Å². The molecule has 0 N–H and O–H groups in total. The number of aryl methyl sites for hydroxylation is 2. The van der Waals surface area contributed by atoms with Gasteiger partial charge < -0.3 is 4.74 Å². The SMILES string of the molecule is COc1ccc(CCC(=O)C2CC2)c(C)c1. The highest BCUT2D eigenvalue weighted by atomic mass is 16.5. The van der Waals surface area contributed by atoms with E-state index in [1.54, 1.807) is 7.11 Å². The van der Waals surface area contributed by atoms with Crippen molar-refractivity contribution < 1.29 is 9.53 Å². The first-order chi connectivity index (χ1) is 7.70. The summed E-state index contributed by atoms with van der Waals surface area (Å²) >= 11 is 0. The molecule has 16 heavy (non-hydrogen) atoms. The van der Waals surface area contributed by atoms with Gasteiger partial charge in [0.05, 0.1) is 7.11 Å². The van der Waals surface area contributed by atoms with E-state index in [-0.39, 0.29) is 0 Å². The van der Waals surface area contributed by atoms with Gasteiger partial charge >= 0.3 is 0 Å². The molecular formula is C14H18O2. The number of methoxy groups -OCH3 is 1. The average Bonchev–Trinajstić information content (AvgIpc) is 3.10. The third-order valence-electron chi connectivity index (χ3n) is 3.22. The Bertz CT molecular complexity index is 392. The second-order valence-electron chi connectivity index (χ2n) is 4.53. The van der Waals surface area contributed by atoms with Crippen LogP contribution in [-0.4, -0.2) is 12.9 Å². The molecule has 1 fully saturated rings. The monoisotopic (exact) mass is 218 g/mol. The van der Waals surface area contributed by atoms with Crippen molar-refractivity contribution in [3.8, 4) is 5.75 Å². The van der Waals surface area contributed by atoms with Gasteiger partial charge in [-0.2, -0.15) is 0 Å². The third-order valence-corrected chi connectivity index (χ3v) is 3.22. The van der Waals surface area contributed by atoms with E-state index in [9.17, 15) is 4.79 Å². The van der Waals surface area contributed by atoms with Crippen molar-refractivity contribution in [2.45, 2.75) is 32.6 Å². The van der Waals surface area contributed by atoms with Gasteiger partial charge in [-0.05, 0) is 49.4 Å². The summed E-state index contributed by atoms with van der Waals surface area (Å²) in [6, 6.07) is 6.05. The Morgan fingerprint density at radius 3 is 2.75 bits per heavy atom. The van der Waals surface area contributed by atoms with Gasteiger partial charge in [0.15, 0.2) is 0 Å². The zero-order chi connectivity index (χ0) is 11.5. The Morgan fingerprint density at radius 1 is 1.44 bits per heavy atom. The molecule has 1 saturated carbocycles. The molecule has 0 saturated heterocycles. The van der Waals surface area contributed by atoms with Crippen molar-refractivity contribution in [1.82, 2.24) is 0 Å². The van der Waals surface area contributed by atoms with Crippen molar-refractivity contribution in [3.05, 3.63) is 29.3 Å². The number of hydrogen-bond acceptors (Lipinski definition) is 2. The smallest absolute Gasteiger partial charge is 0.136 e. The number of hydrogen-bond donors (Lipinski definition) is 0. The maximum absolute atomic E-state index is 11.6. The first-order valence-corrected chi connectivity index (χ1v) is 5.87. The van der Waals surface area contributed by atoms with Crippen molar-refractivity contribution in [2.24, 2.45) is 5.92 Å². The predicted molar refractivity (Wildman–Crippen MR) is 63.8 cm³/mol. The number of ether oxygens (including phenoxy) is 1. The molecule has 0 radical (unpaired) electrons. The fourth-order valence-electron chi connectivity index (χ4n) is 1.94. The molecule has 2 rings (SSSR count). The van der Waals surface area contributed by atoms with Crippen LogP contribution in [0.3, 0.4) is 0 Å². The Kier molecular flexibility index (Phi) is 3.28. The van der Waals surface area contributed by atoms with E-state index in [1.807, 2.05) is 12.1 Å². The number of Topliss-reactive ketones (excluding diaryl/α,β-unsaturated/α-hetero) is 1. The highest BCUT2D eigenvalue weighted by Gasteiger charge is 2.28. The van der Waals surface area contributed by atoms with E-state index in [0.29, 0.717) is 18.1 Å². The van der Waals surface area contributed by atoms with Crippen LogP contribution in [0.4, 0.5) is 0 Å². The van der Waals surface area contributed by atoms with E-state index in [0.717, 1.165) is 25.0 Å². The van der Waals surface area contributed by atoms with Crippen LogP contribution in [0.15, 0.2) is 18.2 Å². The first kappa shape index (κ1) is 11.2. The molecule has 0 aliphatic heterocycles. The van der Waals surface area contributed by atoms with Gasteiger partial charge in [0.25, 0.3) is 0 Å². The molecule has 86 valence electrons.